The van der Waals surface area contributed by atoms with Crippen molar-refractivity contribution >= 4 is 0 Å². The molecule has 0 nitrogen and oxygen atoms in total. The van der Waals surface area contributed by atoms with Crippen molar-refractivity contribution in [3.8, 4) is 0 Å². The SMILES string of the molecule is CCCCCCCCCCCCCCCCCC(CC)C1CCCCC1. The number of hydrogen-bond acceptors (Lipinski definition) is 0. The molecule has 0 heteroatoms. The highest BCUT2D eigenvalue weighted by molar-refractivity contribution is 4.73. The van der Waals surface area contributed by atoms with Crippen molar-refractivity contribution in [2.24, 2.45) is 11.8 Å². The van der Waals surface area contributed by atoms with Gasteiger partial charge < -0.3 is 0 Å². The summed E-state index contributed by atoms with van der Waals surface area (Å²) in [6, 6.07) is 0. The fourth-order valence-corrected chi connectivity index (χ4v) is 5.16. The van der Waals surface area contributed by atoms with Gasteiger partial charge in [-0.15, -0.1) is 0 Å². The van der Waals surface area contributed by atoms with Gasteiger partial charge in [0, 0.05) is 0 Å². The lowest BCUT2D eigenvalue weighted by Gasteiger charge is -2.29. The van der Waals surface area contributed by atoms with Crippen molar-refractivity contribution < 1.29 is 0 Å². The minimum Gasteiger partial charge on any atom is -0.0654 e. The molecular weight excluding hydrogens is 312 g/mol. The average Bonchev–Trinajstić information content (AvgIpc) is 2.68. The summed E-state index contributed by atoms with van der Waals surface area (Å²) in [7, 11) is 0. The van der Waals surface area contributed by atoms with Gasteiger partial charge in [-0.1, -0.05) is 155 Å². The molecule has 0 spiro atoms. The maximum absolute atomic E-state index is 2.43. The van der Waals surface area contributed by atoms with E-state index in [1.807, 2.05) is 0 Å². The molecule has 0 aromatic heterocycles. The highest BCUT2D eigenvalue weighted by Crippen LogP contribution is 2.34. The second-order valence-electron chi connectivity index (χ2n) is 9.30. The Labute approximate surface area is 167 Å². The highest BCUT2D eigenvalue weighted by atomic mass is 14.3. The Kier molecular flexibility index (Phi) is 17.0. The Bertz CT molecular complexity index is 263. The molecule has 1 atom stereocenters. The fourth-order valence-electron chi connectivity index (χ4n) is 5.16. The van der Waals surface area contributed by atoms with E-state index in [1.54, 1.807) is 0 Å². The van der Waals surface area contributed by atoms with Gasteiger partial charge in [0.25, 0.3) is 0 Å². The summed E-state index contributed by atoms with van der Waals surface area (Å²) in [6.07, 6.45) is 32.8. The van der Waals surface area contributed by atoms with Gasteiger partial charge in [0.15, 0.2) is 0 Å². The van der Waals surface area contributed by atoms with Crippen LogP contribution in [0.5, 0.6) is 0 Å². The number of hydrogen-bond donors (Lipinski definition) is 0. The highest BCUT2D eigenvalue weighted by Gasteiger charge is 2.21. The Morgan fingerprint density at radius 3 is 1.38 bits per heavy atom. The molecule has 1 unspecified atom stereocenters. The van der Waals surface area contributed by atoms with E-state index in [4.69, 9.17) is 0 Å². The first kappa shape index (κ1) is 24.0. The molecule has 0 aromatic rings. The molecule has 0 saturated heterocycles. The molecule has 0 amide bonds. The van der Waals surface area contributed by atoms with Gasteiger partial charge in [-0.05, 0) is 11.8 Å². The zero-order valence-electron chi connectivity index (χ0n) is 18.7. The van der Waals surface area contributed by atoms with Crippen LogP contribution in [-0.4, -0.2) is 0 Å². The summed E-state index contributed by atoms with van der Waals surface area (Å²) in [5, 5.41) is 0. The van der Waals surface area contributed by atoms with Crippen LogP contribution in [0.25, 0.3) is 0 Å². The van der Waals surface area contributed by atoms with Crippen molar-refractivity contribution in [2.75, 3.05) is 0 Å². The van der Waals surface area contributed by atoms with Crippen LogP contribution in [0.3, 0.4) is 0 Å². The minimum atomic E-state index is 1.05. The summed E-state index contributed by atoms with van der Waals surface area (Å²) >= 11 is 0. The summed E-state index contributed by atoms with van der Waals surface area (Å²) in [6.45, 7) is 4.74. The van der Waals surface area contributed by atoms with E-state index in [2.05, 4.69) is 13.8 Å². The third-order valence-corrected chi connectivity index (χ3v) is 7.02. The van der Waals surface area contributed by atoms with Crippen LogP contribution in [0.1, 0.15) is 155 Å². The second kappa shape index (κ2) is 18.4. The van der Waals surface area contributed by atoms with E-state index in [0.717, 1.165) is 11.8 Å². The summed E-state index contributed by atoms with van der Waals surface area (Å²) in [5.41, 5.74) is 0. The van der Waals surface area contributed by atoms with E-state index < -0.39 is 0 Å². The Morgan fingerprint density at radius 1 is 0.538 bits per heavy atom. The van der Waals surface area contributed by atoms with Crippen molar-refractivity contribution in [2.45, 2.75) is 155 Å². The third kappa shape index (κ3) is 13.2. The zero-order valence-corrected chi connectivity index (χ0v) is 18.7. The minimum absolute atomic E-state index is 1.05. The zero-order chi connectivity index (χ0) is 18.7. The lowest BCUT2D eigenvalue weighted by Crippen LogP contribution is -2.17. The smallest absolute Gasteiger partial charge is 0.0386 e. The maximum atomic E-state index is 2.43. The first-order valence-corrected chi connectivity index (χ1v) is 12.9. The monoisotopic (exact) mass is 364 g/mol. The van der Waals surface area contributed by atoms with Crippen LogP contribution in [0.2, 0.25) is 0 Å². The molecule has 0 aliphatic heterocycles. The van der Waals surface area contributed by atoms with E-state index >= 15 is 0 Å². The van der Waals surface area contributed by atoms with Crippen LogP contribution < -0.4 is 0 Å². The molecule has 0 heterocycles. The van der Waals surface area contributed by atoms with Gasteiger partial charge in [0.1, 0.15) is 0 Å². The first-order valence-electron chi connectivity index (χ1n) is 12.9. The van der Waals surface area contributed by atoms with Crippen LogP contribution >= 0.6 is 0 Å². The fraction of sp³-hybridized carbons (Fsp3) is 1.00. The molecule has 0 aromatic carbocycles. The van der Waals surface area contributed by atoms with Gasteiger partial charge in [0.05, 0.1) is 0 Å². The standard InChI is InChI=1S/C26H52/c1-3-5-6-7-8-9-10-11-12-13-14-15-16-17-19-22-25(4-2)26-23-20-18-21-24-26/h25-26H,3-24H2,1-2H3. The van der Waals surface area contributed by atoms with Gasteiger partial charge in [-0.3, -0.25) is 0 Å². The molecule has 0 bridgehead atoms. The van der Waals surface area contributed by atoms with E-state index in [-0.39, 0.29) is 0 Å². The first-order chi connectivity index (χ1) is 12.9. The molecule has 156 valence electrons. The van der Waals surface area contributed by atoms with Crippen LogP contribution in [-0.2, 0) is 0 Å². The van der Waals surface area contributed by atoms with Crippen molar-refractivity contribution in [1.82, 2.24) is 0 Å². The van der Waals surface area contributed by atoms with Crippen molar-refractivity contribution in [3.05, 3.63) is 0 Å². The molecule has 1 aliphatic carbocycles. The lowest BCUT2D eigenvalue weighted by atomic mass is 9.76. The van der Waals surface area contributed by atoms with Gasteiger partial charge in [0.2, 0.25) is 0 Å². The summed E-state index contributed by atoms with van der Waals surface area (Å²) in [5.74, 6) is 2.14. The molecular formula is C26H52. The normalized spacial score (nSPS) is 16.8. The molecule has 1 saturated carbocycles. The lowest BCUT2D eigenvalue weighted by molar-refractivity contribution is 0.225. The predicted molar refractivity (Wildman–Crippen MR) is 120 cm³/mol. The van der Waals surface area contributed by atoms with Gasteiger partial charge >= 0.3 is 0 Å². The van der Waals surface area contributed by atoms with E-state index in [0.29, 0.717) is 0 Å². The Hall–Kier alpha value is 0. The summed E-state index contributed by atoms with van der Waals surface area (Å²) < 4.78 is 0. The topological polar surface area (TPSA) is 0 Å². The molecule has 26 heavy (non-hydrogen) atoms. The predicted octanol–water partition coefficient (Wildman–Crippen LogP) is 9.85. The maximum Gasteiger partial charge on any atom is -0.0386 e. The van der Waals surface area contributed by atoms with Gasteiger partial charge in [-0.25, -0.2) is 0 Å². The Balaban J connectivity index is 1.79. The van der Waals surface area contributed by atoms with Crippen LogP contribution in [0.15, 0.2) is 0 Å². The van der Waals surface area contributed by atoms with E-state index in [1.165, 1.54) is 141 Å². The molecule has 1 fully saturated rings. The molecule has 0 N–H and O–H groups in total. The van der Waals surface area contributed by atoms with Crippen LogP contribution in [0.4, 0.5) is 0 Å². The quantitative estimate of drug-likeness (QED) is 0.212. The molecule has 1 rings (SSSR count). The number of rotatable bonds is 18. The molecule has 1 aliphatic rings. The van der Waals surface area contributed by atoms with Gasteiger partial charge in [-0.2, -0.15) is 0 Å². The Morgan fingerprint density at radius 2 is 0.962 bits per heavy atom. The van der Waals surface area contributed by atoms with Crippen molar-refractivity contribution in [1.29, 1.82) is 0 Å². The molecule has 0 radical (unpaired) electrons. The van der Waals surface area contributed by atoms with Crippen molar-refractivity contribution in [3.63, 3.8) is 0 Å². The van der Waals surface area contributed by atoms with Crippen LogP contribution in [0, 0.1) is 11.8 Å². The third-order valence-electron chi connectivity index (χ3n) is 7.02. The van der Waals surface area contributed by atoms with E-state index in [9.17, 15) is 0 Å². The number of unbranched alkanes of at least 4 members (excludes halogenated alkanes) is 14. The largest absolute Gasteiger partial charge is 0.0654 e. The summed E-state index contributed by atoms with van der Waals surface area (Å²) in [4.78, 5) is 0. The second-order valence-corrected chi connectivity index (χ2v) is 9.30. The average molecular weight is 365 g/mol.